The zero-order valence-corrected chi connectivity index (χ0v) is 12.5. The van der Waals surface area contributed by atoms with Crippen molar-refractivity contribution in [1.82, 2.24) is 19.9 Å². The molecule has 2 aromatic rings. The Kier molecular flexibility index (Phi) is 5.05. The summed E-state index contributed by atoms with van der Waals surface area (Å²) in [6.07, 6.45) is 1.95. The van der Waals surface area contributed by atoms with E-state index in [-0.39, 0.29) is 4.90 Å². The lowest BCUT2D eigenvalue weighted by Crippen LogP contribution is -2.25. The number of aliphatic hydroxyl groups is 1. The molecule has 0 amide bonds. The zero-order valence-electron chi connectivity index (χ0n) is 11.7. The summed E-state index contributed by atoms with van der Waals surface area (Å²) in [6.45, 7) is 1.90. The molecule has 0 spiro atoms. The Morgan fingerprint density at radius 1 is 1.43 bits per heavy atom. The Bertz CT molecular complexity index is 668. The summed E-state index contributed by atoms with van der Waals surface area (Å²) in [5, 5.41) is 15.9. The minimum atomic E-state index is -3.56. The lowest BCUT2D eigenvalue weighted by molar-refractivity contribution is 0.199. The maximum Gasteiger partial charge on any atom is 0.240 e. The van der Waals surface area contributed by atoms with E-state index < -0.39 is 16.1 Å². The Labute approximate surface area is 123 Å². The number of hydrogen-bond acceptors (Lipinski definition) is 5. The third kappa shape index (κ3) is 4.35. The number of benzene rings is 1. The van der Waals surface area contributed by atoms with Crippen LogP contribution in [0.25, 0.3) is 0 Å². The van der Waals surface area contributed by atoms with Crippen LogP contribution in [0.3, 0.4) is 0 Å². The standard InChI is InChI=1S/C13H18N4O3S/c1-10(18)11-4-2-5-12(8-11)21(19,20)16-7-3-6-13-14-9-15-17-13/h2,4-5,8-10,16,18H,3,6-7H2,1H3,(H,14,15,17). The first-order chi connectivity index (χ1) is 9.99. The number of nitrogens with one attached hydrogen (secondary N) is 2. The molecule has 3 N–H and O–H groups in total. The molecule has 1 atom stereocenters. The van der Waals surface area contributed by atoms with Gasteiger partial charge >= 0.3 is 0 Å². The molecule has 7 nitrogen and oxygen atoms in total. The second kappa shape index (κ2) is 6.79. The van der Waals surface area contributed by atoms with Crippen LogP contribution in [-0.2, 0) is 16.4 Å². The molecule has 8 heteroatoms. The number of aromatic amines is 1. The van der Waals surface area contributed by atoms with E-state index in [4.69, 9.17) is 0 Å². The Morgan fingerprint density at radius 2 is 2.24 bits per heavy atom. The van der Waals surface area contributed by atoms with E-state index in [9.17, 15) is 13.5 Å². The number of rotatable bonds is 7. The van der Waals surface area contributed by atoms with Crippen molar-refractivity contribution >= 4 is 10.0 Å². The first kappa shape index (κ1) is 15.6. The van der Waals surface area contributed by atoms with Crippen LogP contribution < -0.4 is 4.72 Å². The lowest BCUT2D eigenvalue weighted by Gasteiger charge is -2.09. The van der Waals surface area contributed by atoms with Gasteiger partial charge in [-0.25, -0.2) is 18.1 Å². The van der Waals surface area contributed by atoms with Crippen molar-refractivity contribution in [2.75, 3.05) is 6.54 Å². The molecule has 1 heterocycles. The predicted octanol–water partition coefficient (Wildman–Crippen LogP) is 0.769. The van der Waals surface area contributed by atoms with Gasteiger partial charge in [0.15, 0.2) is 0 Å². The van der Waals surface area contributed by atoms with E-state index in [0.717, 1.165) is 5.82 Å². The second-order valence-electron chi connectivity index (χ2n) is 4.68. The molecule has 0 saturated carbocycles. The third-order valence-corrected chi connectivity index (χ3v) is 4.46. The number of aliphatic hydroxyl groups excluding tert-OH is 1. The van der Waals surface area contributed by atoms with Crippen LogP contribution >= 0.6 is 0 Å². The zero-order chi connectivity index (χ0) is 15.3. The first-order valence-electron chi connectivity index (χ1n) is 6.61. The van der Waals surface area contributed by atoms with Crippen molar-refractivity contribution in [2.45, 2.75) is 30.8 Å². The summed E-state index contributed by atoms with van der Waals surface area (Å²) < 4.78 is 26.8. The second-order valence-corrected chi connectivity index (χ2v) is 6.45. The molecule has 0 aliphatic rings. The van der Waals surface area contributed by atoms with Crippen LogP contribution in [0.2, 0.25) is 0 Å². The Morgan fingerprint density at radius 3 is 2.90 bits per heavy atom. The highest BCUT2D eigenvalue weighted by atomic mass is 32.2. The van der Waals surface area contributed by atoms with E-state index in [2.05, 4.69) is 19.9 Å². The number of sulfonamides is 1. The van der Waals surface area contributed by atoms with Crippen molar-refractivity contribution in [2.24, 2.45) is 0 Å². The molecular formula is C13H18N4O3S. The fourth-order valence-corrected chi connectivity index (χ4v) is 2.97. The summed E-state index contributed by atoms with van der Waals surface area (Å²) in [6, 6.07) is 6.28. The molecule has 114 valence electrons. The third-order valence-electron chi connectivity index (χ3n) is 3.00. The van der Waals surface area contributed by atoms with Gasteiger partial charge in [-0.2, -0.15) is 5.10 Å². The molecule has 2 rings (SSSR count). The van der Waals surface area contributed by atoms with E-state index in [1.165, 1.54) is 18.5 Å². The SMILES string of the molecule is CC(O)c1cccc(S(=O)(=O)NCCCc2ncn[nH]2)c1. The molecule has 21 heavy (non-hydrogen) atoms. The van der Waals surface area contributed by atoms with Gasteiger partial charge in [0.25, 0.3) is 0 Å². The Balaban J connectivity index is 1.93. The molecular weight excluding hydrogens is 292 g/mol. The van der Waals surface area contributed by atoms with Gasteiger partial charge in [0.1, 0.15) is 12.2 Å². The molecule has 1 aromatic heterocycles. The van der Waals surface area contributed by atoms with Gasteiger partial charge in [-0.3, -0.25) is 5.10 Å². The van der Waals surface area contributed by atoms with E-state index in [1.54, 1.807) is 19.1 Å². The Hall–Kier alpha value is -1.77. The fraction of sp³-hybridized carbons (Fsp3) is 0.385. The highest BCUT2D eigenvalue weighted by molar-refractivity contribution is 7.89. The van der Waals surface area contributed by atoms with Crippen LogP contribution in [0.5, 0.6) is 0 Å². The average molecular weight is 310 g/mol. The van der Waals surface area contributed by atoms with Crippen molar-refractivity contribution < 1.29 is 13.5 Å². The number of nitrogens with zero attached hydrogens (tertiary/aromatic N) is 2. The van der Waals surface area contributed by atoms with E-state index in [0.29, 0.717) is 24.9 Å². The highest BCUT2D eigenvalue weighted by Gasteiger charge is 2.14. The van der Waals surface area contributed by atoms with Crippen LogP contribution in [0, 0.1) is 0 Å². The quantitative estimate of drug-likeness (QED) is 0.655. The van der Waals surface area contributed by atoms with Gasteiger partial charge in [0.05, 0.1) is 11.0 Å². The van der Waals surface area contributed by atoms with Crippen LogP contribution in [0.15, 0.2) is 35.5 Å². The molecule has 0 radical (unpaired) electrons. The summed E-state index contributed by atoms with van der Waals surface area (Å²) >= 11 is 0. The average Bonchev–Trinajstić information content (AvgIpc) is 2.97. The summed E-state index contributed by atoms with van der Waals surface area (Å²) in [5.41, 5.74) is 0.569. The lowest BCUT2D eigenvalue weighted by atomic mass is 10.1. The number of aryl methyl sites for hydroxylation is 1. The van der Waals surface area contributed by atoms with Crippen molar-refractivity contribution in [3.05, 3.63) is 42.0 Å². The first-order valence-corrected chi connectivity index (χ1v) is 8.09. The molecule has 1 unspecified atom stereocenters. The topological polar surface area (TPSA) is 108 Å². The van der Waals surface area contributed by atoms with Crippen molar-refractivity contribution in [3.63, 3.8) is 0 Å². The molecule has 1 aromatic carbocycles. The van der Waals surface area contributed by atoms with Gasteiger partial charge in [0, 0.05) is 13.0 Å². The van der Waals surface area contributed by atoms with Crippen molar-refractivity contribution in [1.29, 1.82) is 0 Å². The molecule has 0 aliphatic heterocycles. The molecule has 0 saturated heterocycles. The monoisotopic (exact) mass is 310 g/mol. The van der Waals surface area contributed by atoms with E-state index >= 15 is 0 Å². The van der Waals surface area contributed by atoms with Gasteiger partial charge in [-0.15, -0.1) is 0 Å². The summed E-state index contributed by atoms with van der Waals surface area (Å²) in [4.78, 5) is 4.12. The molecule has 0 fully saturated rings. The number of H-pyrrole nitrogens is 1. The van der Waals surface area contributed by atoms with Gasteiger partial charge in [-0.05, 0) is 31.0 Å². The largest absolute Gasteiger partial charge is 0.389 e. The number of hydrogen-bond donors (Lipinski definition) is 3. The van der Waals surface area contributed by atoms with Crippen LogP contribution in [0.1, 0.15) is 30.8 Å². The summed E-state index contributed by atoms with van der Waals surface area (Å²) in [5.74, 6) is 0.727. The number of aromatic nitrogens is 3. The molecule has 0 aliphatic carbocycles. The maximum absolute atomic E-state index is 12.1. The minimum Gasteiger partial charge on any atom is -0.389 e. The maximum atomic E-state index is 12.1. The van der Waals surface area contributed by atoms with Crippen molar-refractivity contribution in [3.8, 4) is 0 Å². The minimum absolute atomic E-state index is 0.153. The van der Waals surface area contributed by atoms with Gasteiger partial charge in [-0.1, -0.05) is 12.1 Å². The smallest absolute Gasteiger partial charge is 0.240 e. The highest BCUT2D eigenvalue weighted by Crippen LogP contribution is 2.17. The molecule has 0 bridgehead atoms. The normalized spacial score (nSPS) is 13.2. The fourth-order valence-electron chi connectivity index (χ4n) is 1.84. The van der Waals surface area contributed by atoms with Crippen LogP contribution in [0.4, 0.5) is 0 Å². The van der Waals surface area contributed by atoms with E-state index in [1.807, 2.05) is 0 Å². The van der Waals surface area contributed by atoms with Gasteiger partial charge < -0.3 is 5.11 Å². The van der Waals surface area contributed by atoms with Crippen LogP contribution in [-0.4, -0.2) is 35.3 Å². The summed E-state index contributed by atoms with van der Waals surface area (Å²) in [7, 11) is -3.56. The predicted molar refractivity (Wildman–Crippen MR) is 77.0 cm³/mol. The van der Waals surface area contributed by atoms with Gasteiger partial charge in [0.2, 0.25) is 10.0 Å².